The molecule has 0 aliphatic heterocycles. The number of carbonyl (C=O) groups is 1. The van der Waals surface area contributed by atoms with Crippen LogP contribution in [-0.4, -0.2) is 20.9 Å². The van der Waals surface area contributed by atoms with E-state index < -0.39 is 39.9 Å². The summed E-state index contributed by atoms with van der Waals surface area (Å²) in [5.41, 5.74) is 0.122. The maximum absolute atomic E-state index is 13.4. The number of aryl methyl sites for hydroxylation is 2. The number of nitrogens with zero attached hydrogens (tertiary/aromatic N) is 1. The summed E-state index contributed by atoms with van der Waals surface area (Å²) in [6, 6.07) is 14.9. The molecule has 0 bridgehead atoms. The average Bonchev–Trinajstić information content (AvgIpc) is 2.74. The molecule has 0 saturated carbocycles. The Morgan fingerprint density at radius 3 is 2.24 bits per heavy atom. The molecule has 10 heteroatoms. The molecule has 5 nitrogen and oxygen atoms in total. The van der Waals surface area contributed by atoms with Gasteiger partial charge in [-0.1, -0.05) is 47.5 Å². The van der Waals surface area contributed by atoms with Crippen molar-refractivity contribution in [1.29, 1.82) is 0 Å². The van der Waals surface area contributed by atoms with E-state index in [1.165, 1.54) is 36.4 Å². The number of hydrogen-bond acceptors (Lipinski definition) is 3. The molecule has 0 radical (unpaired) electrons. The molecular formula is C23H20ClF3N2O3S. The maximum atomic E-state index is 13.4. The van der Waals surface area contributed by atoms with Gasteiger partial charge < -0.3 is 5.32 Å². The number of alkyl halides is 3. The SMILES string of the molecule is Cc1ccc(S(=O)(=O)N(CC(=O)Nc2ccccc2C(F)(F)F)c2ccc(C)c(Cl)c2)cc1. The van der Waals surface area contributed by atoms with Crippen molar-refractivity contribution in [3.63, 3.8) is 0 Å². The zero-order valence-corrected chi connectivity index (χ0v) is 19.2. The highest BCUT2D eigenvalue weighted by atomic mass is 35.5. The lowest BCUT2D eigenvalue weighted by atomic mass is 10.1. The molecule has 3 rings (SSSR count). The summed E-state index contributed by atoms with van der Waals surface area (Å²) < 4.78 is 67.4. The highest BCUT2D eigenvalue weighted by Gasteiger charge is 2.34. The molecule has 0 spiro atoms. The van der Waals surface area contributed by atoms with Crippen LogP contribution in [0.3, 0.4) is 0 Å². The number of carbonyl (C=O) groups excluding carboxylic acids is 1. The quantitative estimate of drug-likeness (QED) is 0.468. The van der Waals surface area contributed by atoms with E-state index in [0.717, 1.165) is 22.0 Å². The summed E-state index contributed by atoms with van der Waals surface area (Å²) >= 11 is 6.17. The summed E-state index contributed by atoms with van der Waals surface area (Å²) in [5.74, 6) is -0.945. The van der Waals surface area contributed by atoms with Crippen molar-refractivity contribution in [2.75, 3.05) is 16.2 Å². The first-order chi connectivity index (χ1) is 15.4. The number of nitrogens with one attached hydrogen (secondary N) is 1. The topological polar surface area (TPSA) is 66.5 Å². The third kappa shape index (κ3) is 5.66. The van der Waals surface area contributed by atoms with Crippen molar-refractivity contribution in [2.45, 2.75) is 24.9 Å². The van der Waals surface area contributed by atoms with Crippen LogP contribution in [-0.2, 0) is 21.0 Å². The van der Waals surface area contributed by atoms with Gasteiger partial charge in [-0.2, -0.15) is 13.2 Å². The fourth-order valence-electron chi connectivity index (χ4n) is 3.05. The van der Waals surface area contributed by atoms with Crippen LogP contribution in [0.1, 0.15) is 16.7 Å². The van der Waals surface area contributed by atoms with E-state index >= 15 is 0 Å². The summed E-state index contributed by atoms with van der Waals surface area (Å²) in [4.78, 5) is 12.7. The van der Waals surface area contributed by atoms with Gasteiger partial charge in [-0.3, -0.25) is 9.10 Å². The Kier molecular flexibility index (Phi) is 7.04. The van der Waals surface area contributed by atoms with Gasteiger partial charge in [0.2, 0.25) is 5.91 Å². The van der Waals surface area contributed by atoms with E-state index in [-0.39, 0.29) is 15.6 Å². The van der Waals surface area contributed by atoms with Gasteiger partial charge in [0.15, 0.2) is 0 Å². The highest BCUT2D eigenvalue weighted by Crippen LogP contribution is 2.35. The molecule has 0 aliphatic carbocycles. The number of rotatable bonds is 6. The molecular weight excluding hydrogens is 477 g/mol. The molecule has 174 valence electrons. The monoisotopic (exact) mass is 496 g/mol. The van der Waals surface area contributed by atoms with Gasteiger partial charge in [0.1, 0.15) is 6.54 Å². The molecule has 0 unspecified atom stereocenters. The Morgan fingerprint density at radius 2 is 1.64 bits per heavy atom. The smallest absolute Gasteiger partial charge is 0.324 e. The Labute approximate surface area is 194 Å². The van der Waals surface area contributed by atoms with Crippen LogP contribution in [0, 0.1) is 13.8 Å². The standard InChI is InChI=1S/C23H20ClF3N2O3S/c1-15-7-11-18(12-8-15)33(31,32)29(17-10-9-16(2)20(24)13-17)14-22(30)28-21-6-4-3-5-19(21)23(25,26)27/h3-13H,14H2,1-2H3,(H,28,30). The lowest BCUT2D eigenvalue weighted by molar-refractivity contribution is -0.137. The van der Waals surface area contributed by atoms with E-state index in [2.05, 4.69) is 5.32 Å². The van der Waals surface area contributed by atoms with Crippen molar-refractivity contribution in [3.8, 4) is 0 Å². The van der Waals surface area contributed by atoms with Gasteiger partial charge in [0.25, 0.3) is 10.0 Å². The lowest BCUT2D eigenvalue weighted by Gasteiger charge is -2.25. The van der Waals surface area contributed by atoms with Gasteiger partial charge in [-0.15, -0.1) is 0 Å². The molecule has 0 fully saturated rings. The molecule has 0 atom stereocenters. The second kappa shape index (κ2) is 9.44. The summed E-state index contributed by atoms with van der Waals surface area (Å²) in [7, 11) is -4.23. The van der Waals surface area contributed by atoms with E-state index in [1.807, 2.05) is 0 Å². The molecule has 0 saturated heterocycles. The summed E-state index contributed by atoms with van der Waals surface area (Å²) in [6.07, 6.45) is -4.69. The predicted octanol–water partition coefficient (Wildman–Crippen LogP) is 5.81. The zero-order valence-electron chi connectivity index (χ0n) is 17.7. The van der Waals surface area contributed by atoms with E-state index in [0.29, 0.717) is 5.56 Å². The molecule has 1 N–H and O–H groups in total. The third-order valence-electron chi connectivity index (χ3n) is 4.85. The first kappa shape index (κ1) is 24.6. The van der Waals surface area contributed by atoms with Crippen molar-refractivity contribution >= 4 is 38.9 Å². The minimum atomic E-state index is -4.69. The van der Waals surface area contributed by atoms with Crippen LogP contribution < -0.4 is 9.62 Å². The lowest BCUT2D eigenvalue weighted by Crippen LogP contribution is -2.38. The normalized spacial score (nSPS) is 11.8. The van der Waals surface area contributed by atoms with Crippen molar-refractivity contribution in [1.82, 2.24) is 0 Å². The van der Waals surface area contributed by atoms with E-state index in [4.69, 9.17) is 11.6 Å². The first-order valence-electron chi connectivity index (χ1n) is 9.71. The summed E-state index contributed by atoms with van der Waals surface area (Å²) in [5, 5.41) is 2.46. The van der Waals surface area contributed by atoms with Gasteiger partial charge in [0, 0.05) is 5.02 Å². The fourth-order valence-corrected chi connectivity index (χ4v) is 4.64. The number of hydrogen-bond donors (Lipinski definition) is 1. The largest absolute Gasteiger partial charge is 0.418 e. The Balaban J connectivity index is 2.00. The second-order valence-corrected chi connectivity index (χ2v) is 9.62. The third-order valence-corrected chi connectivity index (χ3v) is 7.04. The number of sulfonamides is 1. The fraction of sp³-hybridized carbons (Fsp3) is 0.174. The zero-order chi connectivity index (χ0) is 24.4. The molecule has 33 heavy (non-hydrogen) atoms. The van der Waals surface area contributed by atoms with E-state index in [1.54, 1.807) is 32.0 Å². The molecule has 1 amide bonds. The Morgan fingerprint density at radius 1 is 1.00 bits per heavy atom. The van der Waals surface area contributed by atoms with Crippen LogP contribution in [0.15, 0.2) is 71.6 Å². The maximum Gasteiger partial charge on any atom is 0.418 e. The summed E-state index contributed by atoms with van der Waals surface area (Å²) in [6.45, 7) is 2.76. The molecule has 0 aromatic heterocycles. The molecule has 3 aromatic rings. The first-order valence-corrected chi connectivity index (χ1v) is 11.5. The Bertz CT molecular complexity index is 1280. The molecule has 0 heterocycles. The minimum Gasteiger partial charge on any atom is -0.324 e. The number of amides is 1. The van der Waals surface area contributed by atoms with Crippen molar-refractivity contribution in [2.24, 2.45) is 0 Å². The highest BCUT2D eigenvalue weighted by molar-refractivity contribution is 7.92. The van der Waals surface area contributed by atoms with Crippen molar-refractivity contribution in [3.05, 3.63) is 88.4 Å². The van der Waals surface area contributed by atoms with Gasteiger partial charge >= 0.3 is 6.18 Å². The number of anilines is 2. The second-order valence-electron chi connectivity index (χ2n) is 7.35. The van der Waals surface area contributed by atoms with Crippen LogP contribution in [0.2, 0.25) is 5.02 Å². The number of halogens is 4. The minimum absolute atomic E-state index is 0.0757. The average molecular weight is 497 g/mol. The van der Waals surface area contributed by atoms with Gasteiger partial charge in [-0.25, -0.2) is 8.42 Å². The van der Waals surface area contributed by atoms with Gasteiger partial charge in [-0.05, 0) is 55.8 Å². The molecule has 3 aromatic carbocycles. The van der Waals surface area contributed by atoms with Crippen LogP contribution in [0.5, 0.6) is 0 Å². The van der Waals surface area contributed by atoms with Crippen LogP contribution >= 0.6 is 11.6 Å². The van der Waals surface area contributed by atoms with Crippen LogP contribution in [0.4, 0.5) is 24.5 Å². The molecule has 0 aliphatic rings. The number of para-hydroxylation sites is 1. The van der Waals surface area contributed by atoms with Crippen molar-refractivity contribution < 1.29 is 26.4 Å². The Hall–Kier alpha value is -3.04. The van der Waals surface area contributed by atoms with E-state index in [9.17, 15) is 26.4 Å². The van der Waals surface area contributed by atoms with Crippen LogP contribution in [0.25, 0.3) is 0 Å². The predicted molar refractivity (Wildman–Crippen MR) is 122 cm³/mol. The number of benzene rings is 3. The van der Waals surface area contributed by atoms with Gasteiger partial charge in [0.05, 0.1) is 21.8 Å².